The normalized spacial score (nSPS) is 13.2. The molecule has 0 spiro atoms. The standard InChI is InChI=1S/C24H29Cl2N3O6S/c1-4-10-27-24(31)20(5-2)28(13-16-6-8-18(25)19(26)11-16)23(30)14-29(36(3,32)33)17-7-9-21-22(12-17)35-15-34-21/h6-9,11-12,20H,4-5,10,13-15H2,1-3H3,(H,27,31). The van der Waals surface area contributed by atoms with Crippen molar-refractivity contribution in [3.8, 4) is 11.5 Å². The van der Waals surface area contributed by atoms with Gasteiger partial charge in [-0.3, -0.25) is 13.9 Å². The van der Waals surface area contributed by atoms with E-state index in [4.69, 9.17) is 32.7 Å². The third kappa shape index (κ3) is 6.74. The summed E-state index contributed by atoms with van der Waals surface area (Å²) >= 11 is 12.2. The summed E-state index contributed by atoms with van der Waals surface area (Å²) in [4.78, 5) is 28.0. The molecule has 1 aliphatic heterocycles. The van der Waals surface area contributed by atoms with Gasteiger partial charge in [-0.1, -0.05) is 43.1 Å². The van der Waals surface area contributed by atoms with Crippen molar-refractivity contribution in [2.75, 3.05) is 30.4 Å². The molecule has 0 saturated carbocycles. The summed E-state index contributed by atoms with van der Waals surface area (Å²) in [5.41, 5.74) is 0.890. The van der Waals surface area contributed by atoms with E-state index in [9.17, 15) is 18.0 Å². The van der Waals surface area contributed by atoms with Gasteiger partial charge in [-0.05, 0) is 42.7 Å². The van der Waals surface area contributed by atoms with Crippen LogP contribution >= 0.6 is 23.2 Å². The second-order valence-electron chi connectivity index (χ2n) is 8.29. The summed E-state index contributed by atoms with van der Waals surface area (Å²) in [6.07, 6.45) is 2.07. The minimum atomic E-state index is -3.87. The average Bonchev–Trinajstić information content (AvgIpc) is 3.30. The Kier molecular flexibility index (Phi) is 9.32. The number of nitrogens with one attached hydrogen (secondary N) is 1. The lowest BCUT2D eigenvalue weighted by Crippen LogP contribution is -2.52. The zero-order valence-corrected chi connectivity index (χ0v) is 22.6. The fraction of sp³-hybridized carbons (Fsp3) is 0.417. The number of halogens is 2. The van der Waals surface area contributed by atoms with Gasteiger partial charge in [0.2, 0.25) is 28.6 Å². The highest BCUT2D eigenvalue weighted by atomic mass is 35.5. The molecule has 196 valence electrons. The van der Waals surface area contributed by atoms with Gasteiger partial charge in [0.05, 0.1) is 22.0 Å². The molecule has 0 saturated heterocycles. The Labute approximate surface area is 221 Å². The quantitative estimate of drug-likeness (QED) is 0.450. The van der Waals surface area contributed by atoms with Gasteiger partial charge in [-0.2, -0.15) is 0 Å². The van der Waals surface area contributed by atoms with E-state index in [0.717, 1.165) is 17.0 Å². The van der Waals surface area contributed by atoms with Gasteiger partial charge in [0.1, 0.15) is 12.6 Å². The Morgan fingerprint density at radius 2 is 1.78 bits per heavy atom. The molecule has 1 aliphatic rings. The van der Waals surface area contributed by atoms with Crippen LogP contribution in [-0.2, 0) is 26.2 Å². The summed E-state index contributed by atoms with van der Waals surface area (Å²) < 4.78 is 37.1. The Morgan fingerprint density at radius 1 is 1.06 bits per heavy atom. The highest BCUT2D eigenvalue weighted by molar-refractivity contribution is 7.92. The number of hydrogen-bond donors (Lipinski definition) is 1. The molecule has 0 aromatic heterocycles. The molecule has 1 heterocycles. The minimum Gasteiger partial charge on any atom is -0.454 e. The summed E-state index contributed by atoms with van der Waals surface area (Å²) in [6, 6.07) is 8.74. The highest BCUT2D eigenvalue weighted by Gasteiger charge is 2.32. The number of ether oxygens (including phenoxy) is 2. The molecule has 2 aromatic carbocycles. The maximum absolute atomic E-state index is 13.7. The van der Waals surface area contributed by atoms with E-state index in [0.29, 0.717) is 40.1 Å². The van der Waals surface area contributed by atoms with Crippen LogP contribution in [0.3, 0.4) is 0 Å². The Hall–Kier alpha value is -2.69. The van der Waals surface area contributed by atoms with E-state index in [1.165, 1.54) is 17.0 Å². The van der Waals surface area contributed by atoms with E-state index >= 15 is 0 Å². The average molecular weight is 558 g/mol. The molecule has 12 heteroatoms. The van der Waals surface area contributed by atoms with Gasteiger partial charge in [-0.25, -0.2) is 8.42 Å². The van der Waals surface area contributed by atoms with Crippen LogP contribution in [0.4, 0.5) is 5.69 Å². The molecular weight excluding hydrogens is 529 g/mol. The first kappa shape index (κ1) is 27.9. The molecular formula is C24H29Cl2N3O6S. The van der Waals surface area contributed by atoms with Crippen molar-refractivity contribution < 1.29 is 27.5 Å². The van der Waals surface area contributed by atoms with E-state index in [2.05, 4.69) is 5.32 Å². The monoisotopic (exact) mass is 557 g/mol. The van der Waals surface area contributed by atoms with Gasteiger partial charge in [-0.15, -0.1) is 0 Å². The van der Waals surface area contributed by atoms with Gasteiger partial charge < -0.3 is 19.7 Å². The molecule has 0 aliphatic carbocycles. The number of fused-ring (bicyclic) bond motifs is 1. The number of hydrogen-bond acceptors (Lipinski definition) is 6. The molecule has 0 radical (unpaired) electrons. The zero-order chi connectivity index (χ0) is 26.5. The molecule has 2 aromatic rings. The van der Waals surface area contributed by atoms with Crippen LogP contribution in [0, 0.1) is 0 Å². The first-order chi connectivity index (χ1) is 17.0. The van der Waals surface area contributed by atoms with Gasteiger partial charge in [0.15, 0.2) is 11.5 Å². The van der Waals surface area contributed by atoms with Gasteiger partial charge in [0.25, 0.3) is 0 Å². The topological polar surface area (TPSA) is 105 Å². The Morgan fingerprint density at radius 3 is 2.42 bits per heavy atom. The lowest BCUT2D eigenvalue weighted by molar-refractivity contribution is -0.140. The SMILES string of the molecule is CCCNC(=O)C(CC)N(Cc1ccc(Cl)c(Cl)c1)C(=O)CN(c1ccc2c(c1)OCO2)S(C)(=O)=O. The number of rotatable bonds is 11. The van der Waals surface area contributed by atoms with Crippen molar-refractivity contribution >= 4 is 50.7 Å². The van der Waals surface area contributed by atoms with E-state index in [1.54, 1.807) is 31.2 Å². The molecule has 1 N–H and O–H groups in total. The maximum Gasteiger partial charge on any atom is 0.244 e. The van der Waals surface area contributed by atoms with Crippen LogP contribution in [0.5, 0.6) is 11.5 Å². The lowest BCUT2D eigenvalue weighted by Gasteiger charge is -2.33. The van der Waals surface area contributed by atoms with Crippen LogP contribution in [0.25, 0.3) is 0 Å². The van der Waals surface area contributed by atoms with Crippen LogP contribution in [0.2, 0.25) is 10.0 Å². The predicted molar refractivity (Wildman–Crippen MR) is 139 cm³/mol. The maximum atomic E-state index is 13.7. The van der Waals surface area contributed by atoms with Gasteiger partial charge >= 0.3 is 0 Å². The van der Waals surface area contributed by atoms with Crippen molar-refractivity contribution in [3.05, 3.63) is 52.0 Å². The summed E-state index contributed by atoms with van der Waals surface area (Å²) in [7, 11) is -3.87. The number of sulfonamides is 1. The third-order valence-electron chi connectivity index (χ3n) is 5.60. The molecule has 0 fully saturated rings. The first-order valence-electron chi connectivity index (χ1n) is 11.4. The molecule has 1 unspecified atom stereocenters. The second-order valence-corrected chi connectivity index (χ2v) is 11.0. The number of nitrogens with zero attached hydrogens (tertiary/aromatic N) is 2. The van der Waals surface area contributed by atoms with Crippen LogP contribution in [0.15, 0.2) is 36.4 Å². The summed E-state index contributed by atoms with van der Waals surface area (Å²) in [5.74, 6) is -0.00513. The molecule has 0 bridgehead atoms. The Balaban J connectivity index is 1.95. The molecule has 3 rings (SSSR count). The van der Waals surface area contributed by atoms with Crippen molar-refractivity contribution in [1.29, 1.82) is 0 Å². The number of amides is 2. The van der Waals surface area contributed by atoms with Crippen LogP contribution in [0.1, 0.15) is 32.3 Å². The van der Waals surface area contributed by atoms with Crippen molar-refractivity contribution in [2.24, 2.45) is 0 Å². The van der Waals surface area contributed by atoms with Gasteiger partial charge in [0, 0.05) is 19.2 Å². The van der Waals surface area contributed by atoms with E-state index in [-0.39, 0.29) is 24.9 Å². The Bertz CT molecular complexity index is 1220. The second kappa shape index (κ2) is 12.0. The number of anilines is 1. The zero-order valence-electron chi connectivity index (χ0n) is 20.3. The fourth-order valence-electron chi connectivity index (χ4n) is 3.77. The smallest absolute Gasteiger partial charge is 0.244 e. The number of benzene rings is 2. The lowest BCUT2D eigenvalue weighted by atomic mass is 10.1. The third-order valence-corrected chi connectivity index (χ3v) is 7.48. The molecule has 2 amide bonds. The van der Waals surface area contributed by atoms with Crippen molar-refractivity contribution in [3.63, 3.8) is 0 Å². The summed E-state index contributed by atoms with van der Waals surface area (Å²) in [5, 5.41) is 3.49. The molecule has 9 nitrogen and oxygen atoms in total. The fourth-order valence-corrected chi connectivity index (χ4v) is 4.94. The van der Waals surface area contributed by atoms with E-state index in [1.807, 2.05) is 6.92 Å². The van der Waals surface area contributed by atoms with Crippen molar-refractivity contribution in [1.82, 2.24) is 10.2 Å². The number of carbonyl (C=O) groups is 2. The summed E-state index contributed by atoms with van der Waals surface area (Å²) in [6.45, 7) is 3.71. The van der Waals surface area contributed by atoms with Crippen LogP contribution < -0.4 is 19.1 Å². The van der Waals surface area contributed by atoms with Crippen molar-refractivity contribution in [2.45, 2.75) is 39.3 Å². The van der Waals surface area contributed by atoms with E-state index < -0.39 is 28.5 Å². The molecule has 1 atom stereocenters. The first-order valence-corrected chi connectivity index (χ1v) is 14.0. The largest absolute Gasteiger partial charge is 0.454 e. The molecule has 36 heavy (non-hydrogen) atoms. The predicted octanol–water partition coefficient (Wildman–Crippen LogP) is 3.82. The minimum absolute atomic E-state index is 0.0269. The number of carbonyl (C=O) groups excluding carboxylic acids is 2. The van der Waals surface area contributed by atoms with Crippen LogP contribution in [-0.4, -0.2) is 57.3 Å². The highest BCUT2D eigenvalue weighted by Crippen LogP contribution is 2.36.